The van der Waals surface area contributed by atoms with E-state index < -0.39 is 0 Å². The molecule has 96 valence electrons. The second-order valence-corrected chi connectivity index (χ2v) is 6.60. The molecule has 18 heavy (non-hydrogen) atoms. The molecule has 0 spiro atoms. The number of nitrogens with one attached hydrogen (secondary N) is 1. The van der Waals surface area contributed by atoms with Crippen LogP contribution in [-0.4, -0.2) is 17.4 Å². The first-order valence-electron chi connectivity index (χ1n) is 4.98. The van der Waals surface area contributed by atoms with Crippen molar-refractivity contribution in [1.82, 2.24) is 10.3 Å². The Morgan fingerprint density at radius 1 is 1.56 bits per heavy atom. The van der Waals surface area contributed by atoms with Crippen LogP contribution in [0.5, 0.6) is 0 Å². The lowest BCUT2D eigenvalue weighted by Crippen LogP contribution is -2.31. The van der Waals surface area contributed by atoms with Crippen LogP contribution in [-0.2, 0) is 11.3 Å². The fourth-order valence-electron chi connectivity index (χ4n) is 1.23. The van der Waals surface area contributed by atoms with Crippen molar-refractivity contribution in [1.29, 1.82) is 0 Å². The highest BCUT2D eigenvalue weighted by Gasteiger charge is 2.14. The van der Waals surface area contributed by atoms with Gasteiger partial charge in [-0.1, -0.05) is 0 Å². The summed E-state index contributed by atoms with van der Waals surface area (Å²) in [6, 6.07) is 2.00. The van der Waals surface area contributed by atoms with Gasteiger partial charge in [0.25, 0.3) is 5.91 Å². The van der Waals surface area contributed by atoms with Crippen LogP contribution in [0.2, 0.25) is 0 Å². The zero-order chi connectivity index (χ0) is 13.0. The Morgan fingerprint density at radius 2 is 2.39 bits per heavy atom. The monoisotopic (exact) mass is 409 g/mol. The molecule has 0 radical (unpaired) electrons. The lowest BCUT2D eigenvalue weighted by atomic mass is 10.4. The van der Waals surface area contributed by atoms with E-state index in [0.29, 0.717) is 12.4 Å². The highest BCUT2D eigenvalue weighted by atomic mass is 79.9. The van der Waals surface area contributed by atoms with Gasteiger partial charge >= 0.3 is 0 Å². The van der Waals surface area contributed by atoms with Crippen LogP contribution in [0.25, 0.3) is 0 Å². The molecule has 0 saturated carbocycles. The Hall–Kier alpha value is -0.280. The SMILES string of the molecule is O=C(CNCc1sccc1Br)N(Br)c1cscn1. The Labute approximate surface area is 130 Å². The lowest BCUT2D eigenvalue weighted by Gasteiger charge is -2.11. The molecule has 0 unspecified atom stereocenters. The molecule has 0 aromatic carbocycles. The van der Waals surface area contributed by atoms with Crippen LogP contribution < -0.4 is 9.24 Å². The molecule has 0 aliphatic rings. The van der Waals surface area contributed by atoms with E-state index in [1.165, 1.54) is 20.1 Å². The Morgan fingerprint density at radius 3 is 3.00 bits per heavy atom. The summed E-state index contributed by atoms with van der Waals surface area (Å²) in [5, 5.41) is 6.92. The van der Waals surface area contributed by atoms with Gasteiger partial charge in [0, 0.05) is 21.3 Å². The highest BCUT2D eigenvalue weighted by Crippen LogP contribution is 2.22. The third-order valence-corrected chi connectivity index (χ3v) is 5.35. The van der Waals surface area contributed by atoms with Crippen molar-refractivity contribution in [2.45, 2.75) is 6.54 Å². The predicted molar refractivity (Wildman–Crippen MR) is 82.3 cm³/mol. The van der Waals surface area contributed by atoms with Crippen molar-refractivity contribution in [2.75, 3.05) is 10.5 Å². The number of halogens is 2. The maximum absolute atomic E-state index is 11.8. The molecular weight excluding hydrogens is 402 g/mol. The minimum Gasteiger partial charge on any atom is -0.303 e. The summed E-state index contributed by atoms with van der Waals surface area (Å²) in [5.41, 5.74) is 1.69. The molecule has 1 amide bonds. The summed E-state index contributed by atoms with van der Waals surface area (Å²) in [6.07, 6.45) is 0. The maximum atomic E-state index is 11.8. The van der Waals surface area contributed by atoms with Gasteiger partial charge in [-0.05, 0) is 27.4 Å². The van der Waals surface area contributed by atoms with Crippen molar-refractivity contribution in [3.63, 3.8) is 0 Å². The summed E-state index contributed by atoms with van der Waals surface area (Å²) in [5.74, 6) is 0.540. The van der Waals surface area contributed by atoms with Crippen molar-refractivity contribution in [3.8, 4) is 0 Å². The molecule has 0 bridgehead atoms. The van der Waals surface area contributed by atoms with E-state index in [9.17, 15) is 4.79 Å². The van der Waals surface area contributed by atoms with Crippen molar-refractivity contribution < 1.29 is 4.79 Å². The molecule has 1 N–H and O–H groups in total. The molecule has 2 aromatic rings. The average molecular weight is 411 g/mol. The van der Waals surface area contributed by atoms with Gasteiger partial charge in [0.15, 0.2) is 5.82 Å². The number of hydrogen-bond acceptors (Lipinski definition) is 5. The van der Waals surface area contributed by atoms with E-state index in [0.717, 1.165) is 4.47 Å². The van der Waals surface area contributed by atoms with Gasteiger partial charge < -0.3 is 5.32 Å². The van der Waals surface area contributed by atoms with Gasteiger partial charge in [-0.25, -0.2) is 8.91 Å². The van der Waals surface area contributed by atoms with Crippen molar-refractivity contribution in [3.05, 3.63) is 31.7 Å². The van der Waals surface area contributed by atoms with E-state index in [1.807, 2.05) is 16.8 Å². The van der Waals surface area contributed by atoms with Crippen LogP contribution in [0, 0.1) is 0 Å². The average Bonchev–Trinajstić information content (AvgIpc) is 3.00. The number of thiazole rings is 1. The van der Waals surface area contributed by atoms with Crippen LogP contribution in [0.3, 0.4) is 0 Å². The molecular formula is C10H9Br2N3OS2. The number of nitrogens with zero attached hydrogens (tertiary/aromatic N) is 2. The van der Waals surface area contributed by atoms with Gasteiger partial charge in [0.1, 0.15) is 0 Å². The molecule has 0 fully saturated rings. The fourth-order valence-corrected chi connectivity index (χ4v) is 3.67. The Bertz CT molecular complexity index is 515. The fraction of sp³-hybridized carbons (Fsp3) is 0.200. The number of amides is 1. The molecule has 0 atom stereocenters. The Kier molecular flexibility index (Phi) is 5.31. The quantitative estimate of drug-likeness (QED) is 0.768. The normalized spacial score (nSPS) is 10.6. The van der Waals surface area contributed by atoms with E-state index in [-0.39, 0.29) is 12.5 Å². The molecule has 4 nitrogen and oxygen atoms in total. The first-order chi connectivity index (χ1) is 8.68. The number of carbonyl (C=O) groups is 1. The smallest absolute Gasteiger partial charge is 0.252 e. The van der Waals surface area contributed by atoms with E-state index in [4.69, 9.17) is 0 Å². The largest absolute Gasteiger partial charge is 0.303 e. The van der Waals surface area contributed by atoms with Crippen molar-refractivity contribution >= 4 is 66.5 Å². The number of rotatable bonds is 5. The van der Waals surface area contributed by atoms with Gasteiger partial charge in [0.05, 0.1) is 28.2 Å². The van der Waals surface area contributed by atoms with Gasteiger partial charge in [-0.3, -0.25) is 4.79 Å². The number of carbonyl (C=O) groups excluding carboxylic acids is 1. The van der Waals surface area contributed by atoms with E-state index >= 15 is 0 Å². The lowest BCUT2D eigenvalue weighted by molar-refractivity contribution is -0.116. The van der Waals surface area contributed by atoms with Gasteiger partial charge in [0.2, 0.25) is 0 Å². The topological polar surface area (TPSA) is 45.2 Å². The number of aromatic nitrogens is 1. The first kappa shape index (κ1) is 14.1. The molecule has 0 aliphatic carbocycles. The minimum absolute atomic E-state index is 0.0754. The summed E-state index contributed by atoms with van der Waals surface area (Å²) in [7, 11) is 0. The molecule has 2 rings (SSSR count). The predicted octanol–water partition coefficient (Wildman–Crippen LogP) is 3.40. The van der Waals surface area contributed by atoms with Gasteiger partial charge in [-0.15, -0.1) is 22.7 Å². The third-order valence-electron chi connectivity index (χ3n) is 2.09. The number of hydrogen-bond donors (Lipinski definition) is 1. The summed E-state index contributed by atoms with van der Waals surface area (Å²) >= 11 is 9.76. The van der Waals surface area contributed by atoms with Crippen LogP contribution in [0.15, 0.2) is 26.8 Å². The molecule has 2 aromatic heterocycles. The standard InChI is InChI=1S/C10H9Br2N3OS2/c11-7-1-2-18-8(7)3-13-4-10(16)15(12)9-5-17-6-14-9/h1-2,5-6,13H,3-4H2. The first-order valence-corrected chi connectivity index (χ1v) is 8.30. The van der Waals surface area contributed by atoms with Crippen LogP contribution >= 0.6 is 54.8 Å². The summed E-state index contributed by atoms with van der Waals surface area (Å²) in [4.78, 5) is 17.1. The highest BCUT2D eigenvalue weighted by molar-refractivity contribution is 9.10. The zero-order valence-electron chi connectivity index (χ0n) is 9.10. The number of anilines is 1. The number of thiophene rings is 1. The van der Waals surface area contributed by atoms with Crippen molar-refractivity contribution in [2.24, 2.45) is 0 Å². The second kappa shape index (κ2) is 6.76. The maximum Gasteiger partial charge on any atom is 0.252 e. The summed E-state index contributed by atoms with van der Waals surface area (Å²) in [6.45, 7) is 0.926. The molecule has 0 saturated heterocycles. The van der Waals surface area contributed by atoms with Crippen LogP contribution in [0.1, 0.15) is 4.88 Å². The second-order valence-electron chi connectivity index (χ2n) is 3.32. The van der Waals surface area contributed by atoms with Gasteiger partial charge in [-0.2, -0.15) is 0 Å². The van der Waals surface area contributed by atoms with Crippen LogP contribution in [0.4, 0.5) is 5.82 Å². The summed E-state index contributed by atoms with van der Waals surface area (Å²) < 4.78 is 2.45. The Balaban J connectivity index is 1.80. The minimum atomic E-state index is -0.0754. The molecule has 0 aliphatic heterocycles. The van der Waals surface area contributed by atoms with E-state index in [1.54, 1.807) is 16.8 Å². The molecule has 2 heterocycles. The van der Waals surface area contributed by atoms with E-state index in [2.05, 4.69) is 42.4 Å². The molecule has 8 heteroatoms. The zero-order valence-corrected chi connectivity index (χ0v) is 13.9. The third kappa shape index (κ3) is 3.61.